The molecule has 1 amide bonds. The number of hydrogen-bond acceptors (Lipinski definition) is 4. The van der Waals surface area contributed by atoms with Crippen LogP contribution in [0.15, 0.2) is 24.3 Å². The van der Waals surface area contributed by atoms with Crippen LogP contribution in [-0.4, -0.2) is 49.2 Å². The summed E-state index contributed by atoms with van der Waals surface area (Å²) in [7, 11) is 0. The molecule has 22 heavy (non-hydrogen) atoms. The van der Waals surface area contributed by atoms with Gasteiger partial charge in [-0.2, -0.15) is 0 Å². The number of nitrogens with zero attached hydrogens (tertiary/aromatic N) is 1. The normalized spacial score (nSPS) is 22.1. The van der Waals surface area contributed by atoms with Gasteiger partial charge in [0.05, 0.1) is 24.8 Å². The van der Waals surface area contributed by atoms with Crippen LogP contribution < -0.4 is 11.1 Å². The third-order valence-electron chi connectivity index (χ3n) is 4.42. The van der Waals surface area contributed by atoms with Crippen LogP contribution >= 0.6 is 11.6 Å². The molecule has 1 aromatic rings. The molecule has 5 nitrogen and oxygen atoms in total. The van der Waals surface area contributed by atoms with Crippen LogP contribution in [-0.2, 0) is 9.53 Å². The molecule has 1 saturated heterocycles. The molecular formula is C16H22ClN3O2. The van der Waals surface area contributed by atoms with E-state index in [4.69, 9.17) is 22.1 Å². The van der Waals surface area contributed by atoms with E-state index in [0.717, 1.165) is 31.5 Å². The fourth-order valence-electron chi connectivity index (χ4n) is 2.79. The van der Waals surface area contributed by atoms with Crippen molar-refractivity contribution in [2.24, 2.45) is 5.73 Å². The van der Waals surface area contributed by atoms with Crippen molar-refractivity contribution >= 4 is 17.5 Å². The number of hydrogen-bond donors (Lipinski definition) is 2. The topological polar surface area (TPSA) is 67.6 Å². The number of nitrogens with one attached hydrogen (secondary N) is 1. The van der Waals surface area contributed by atoms with E-state index < -0.39 is 5.54 Å². The Bertz CT molecular complexity index is 542. The molecule has 120 valence electrons. The quantitative estimate of drug-likeness (QED) is 0.857. The third-order valence-corrected chi connectivity index (χ3v) is 4.65. The third kappa shape index (κ3) is 3.60. The lowest BCUT2D eigenvalue weighted by atomic mass is 10.0. The van der Waals surface area contributed by atoms with Crippen molar-refractivity contribution in [3.8, 4) is 0 Å². The van der Waals surface area contributed by atoms with Gasteiger partial charge in [0.1, 0.15) is 0 Å². The van der Waals surface area contributed by atoms with Crippen LogP contribution in [0.3, 0.4) is 0 Å². The first-order chi connectivity index (χ1) is 10.6. The number of carbonyl (C=O) groups excluding carboxylic acids is 1. The molecule has 2 fully saturated rings. The minimum Gasteiger partial charge on any atom is -0.379 e. The van der Waals surface area contributed by atoms with Gasteiger partial charge in [-0.15, -0.1) is 0 Å². The van der Waals surface area contributed by atoms with Gasteiger partial charge in [-0.1, -0.05) is 23.7 Å². The largest absolute Gasteiger partial charge is 0.379 e. The lowest BCUT2D eigenvalue weighted by Gasteiger charge is -2.35. The summed E-state index contributed by atoms with van der Waals surface area (Å²) in [6.45, 7) is 3.66. The fraction of sp³-hybridized carbons (Fsp3) is 0.562. The number of carbonyl (C=O) groups is 1. The molecule has 1 heterocycles. The highest BCUT2D eigenvalue weighted by Gasteiger charge is 2.46. The van der Waals surface area contributed by atoms with Gasteiger partial charge in [0.25, 0.3) is 0 Å². The Labute approximate surface area is 135 Å². The highest BCUT2D eigenvalue weighted by atomic mass is 35.5. The number of benzene rings is 1. The van der Waals surface area contributed by atoms with Crippen LogP contribution in [0, 0.1) is 0 Å². The Kier molecular flexibility index (Phi) is 4.68. The first-order valence-corrected chi connectivity index (χ1v) is 8.11. The van der Waals surface area contributed by atoms with E-state index in [-0.39, 0.29) is 11.9 Å². The Hall–Kier alpha value is -1.14. The SMILES string of the molecule is NC1(C(=O)NCC(c2cccc(Cl)c2)N2CCOCC2)CC1. The molecule has 1 aliphatic carbocycles. The van der Waals surface area contributed by atoms with Crippen molar-refractivity contribution in [2.45, 2.75) is 24.4 Å². The predicted molar refractivity (Wildman–Crippen MR) is 85.7 cm³/mol. The van der Waals surface area contributed by atoms with Gasteiger partial charge < -0.3 is 15.8 Å². The second-order valence-electron chi connectivity index (χ2n) is 6.09. The molecular weight excluding hydrogens is 302 g/mol. The Balaban J connectivity index is 1.72. The number of rotatable bonds is 5. The van der Waals surface area contributed by atoms with E-state index in [1.165, 1.54) is 0 Å². The van der Waals surface area contributed by atoms with Crippen molar-refractivity contribution in [3.63, 3.8) is 0 Å². The molecule has 1 unspecified atom stereocenters. The molecule has 3 N–H and O–H groups in total. The maximum absolute atomic E-state index is 12.1. The van der Waals surface area contributed by atoms with Crippen molar-refractivity contribution in [1.29, 1.82) is 0 Å². The molecule has 0 spiro atoms. The van der Waals surface area contributed by atoms with E-state index in [0.29, 0.717) is 24.8 Å². The smallest absolute Gasteiger partial charge is 0.240 e. The molecule has 1 aromatic carbocycles. The van der Waals surface area contributed by atoms with Gasteiger partial charge in [0.15, 0.2) is 0 Å². The zero-order valence-electron chi connectivity index (χ0n) is 12.6. The summed E-state index contributed by atoms with van der Waals surface area (Å²) in [6, 6.07) is 7.91. The summed E-state index contributed by atoms with van der Waals surface area (Å²) in [5, 5.41) is 3.72. The number of nitrogens with two attached hydrogens (primary N) is 1. The Morgan fingerprint density at radius 3 is 2.77 bits per heavy atom. The van der Waals surface area contributed by atoms with E-state index >= 15 is 0 Å². The standard InChI is InChI=1S/C16H22ClN3O2/c17-13-3-1-2-12(10-13)14(20-6-8-22-9-7-20)11-19-15(21)16(18)4-5-16/h1-3,10,14H,4-9,11,18H2,(H,19,21). The fourth-order valence-corrected chi connectivity index (χ4v) is 2.99. The number of ether oxygens (including phenoxy) is 1. The first kappa shape index (κ1) is 15.7. The number of amides is 1. The van der Waals surface area contributed by atoms with Crippen LogP contribution in [0.5, 0.6) is 0 Å². The Morgan fingerprint density at radius 2 is 2.14 bits per heavy atom. The molecule has 1 saturated carbocycles. The average molecular weight is 324 g/mol. The summed E-state index contributed by atoms with van der Waals surface area (Å²) in [5.74, 6) is -0.0483. The lowest BCUT2D eigenvalue weighted by molar-refractivity contribution is -0.123. The van der Waals surface area contributed by atoms with Crippen LogP contribution in [0.25, 0.3) is 0 Å². The molecule has 0 aromatic heterocycles. The molecule has 1 atom stereocenters. The summed E-state index contributed by atoms with van der Waals surface area (Å²) >= 11 is 6.12. The van der Waals surface area contributed by atoms with E-state index in [1.807, 2.05) is 24.3 Å². The van der Waals surface area contributed by atoms with Gasteiger partial charge in [-0.05, 0) is 30.5 Å². The maximum Gasteiger partial charge on any atom is 0.240 e. The molecule has 1 aliphatic heterocycles. The van der Waals surface area contributed by atoms with Crippen LogP contribution in [0.2, 0.25) is 5.02 Å². The van der Waals surface area contributed by atoms with Gasteiger partial charge in [-0.25, -0.2) is 0 Å². The van der Waals surface area contributed by atoms with Crippen molar-refractivity contribution in [1.82, 2.24) is 10.2 Å². The van der Waals surface area contributed by atoms with Crippen LogP contribution in [0.4, 0.5) is 0 Å². The van der Waals surface area contributed by atoms with Gasteiger partial charge in [0, 0.05) is 24.7 Å². The highest BCUT2D eigenvalue weighted by Crippen LogP contribution is 2.32. The predicted octanol–water partition coefficient (Wildman–Crippen LogP) is 1.32. The second kappa shape index (κ2) is 6.54. The lowest BCUT2D eigenvalue weighted by Crippen LogP contribution is -2.48. The summed E-state index contributed by atoms with van der Waals surface area (Å²) in [4.78, 5) is 14.4. The maximum atomic E-state index is 12.1. The van der Waals surface area contributed by atoms with Crippen molar-refractivity contribution in [2.75, 3.05) is 32.8 Å². The Morgan fingerprint density at radius 1 is 1.41 bits per heavy atom. The highest BCUT2D eigenvalue weighted by molar-refractivity contribution is 6.30. The summed E-state index contributed by atoms with van der Waals surface area (Å²) < 4.78 is 5.42. The number of halogens is 1. The minimum absolute atomic E-state index is 0.0483. The van der Waals surface area contributed by atoms with E-state index in [1.54, 1.807) is 0 Å². The zero-order valence-corrected chi connectivity index (χ0v) is 13.3. The molecule has 3 rings (SSSR count). The molecule has 6 heteroatoms. The van der Waals surface area contributed by atoms with Gasteiger partial charge in [-0.3, -0.25) is 9.69 Å². The van der Waals surface area contributed by atoms with E-state index in [2.05, 4.69) is 10.2 Å². The van der Waals surface area contributed by atoms with Crippen LogP contribution in [0.1, 0.15) is 24.4 Å². The van der Waals surface area contributed by atoms with E-state index in [9.17, 15) is 4.79 Å². The molecule has 0 radical (unpaired) electrons. The van der Waals surface area contributed by atoms with Gasteiger partial charge >= 0.3 is 0 Å². The first-order valence-electron chi connectivity index (χ1n) is 7.73. The summed E-state index contributed by atoms with van der Waals surface area (Å²) in [5.41, 5.74) is 6.42. The van der Waals surface area contributed by atoms with Crippen molar-refractivity contribution < 1.29 is 9.53 Å². The number of morpholine rings is 1. The average Bonchev–Trinajstić information content (AvgIpc) is 3.28. The molecule has 0 bridgehead atoms. The second-order valence-corrected chi connectivity index (χ2v) is 6.52. The minimum atomic E-state index is -0.635. The summed E-state index contributed by atoms with van der Waals surface area (Å²) in [6.07, 6.45) is 1.55. The van der Waals surface area contributed by atoms with Gasteiger partial charge in [0.2, 0.25) is 5.91 Å². The monoisotopic (exact) mass is 323 g/mol. The van der Waals surface area contributed by atoms with Crippen molar-refractivity contribution in [3.05, 3.63) is 34.9 Å². The zero-order chi connectivity index (χ0) is 15.6. The molecule has 2 aliphatic rings.